The molecule has 1 heterocycles. The molecule has 1 aromatic rings. The quantitative estimate of drug-likeness (QED) is 0.819. The minimum atomic E-state index is -0.311. The van der Waals surface area contributed by atoms with Gasteiger partial charge in [-0.25, -0.2) is 4.98 Å². The third-order valence-electron chi connectivity index (χ3n) is 3.08. The van der Waals surface area contributed by atoms with E-state index in [0.717, 1.165) is 24.5 Å². The maximum atomic E-state index is 5.81. The van der Waals surface area contributed by atoms with Crippen LogP contribution in [0.1, 0.15) is 59.5 Å². The lowest BCUT2D eigenvalue weighted by Crippen LogP contribution is -2.35. The maximum Gasteiger partial charge on any atom is 0.138 e. The fourth-order valence-corrected chi connectivity index (χ4v) is 1.73. The van der Waals surface area contributed by atoms with E-state index >= 15 is 0 Å². The SMILES string of the molecule is CCOC(C)(CC)c1ncc(CNC(C)(C)C)[nH]1. The van der Waals surface area contributed by atoms with Gasteiger partial charge in [0, 0.05) is 30.6 Å². The van der Waals surface area contributed by atoms with E-state index < -0.39 is 0 Å². The molecule has 18 heavy (non-hydrogen) atoms. The Kier molecular flexibility index (Phi) is 4.93. The van der Waals surface area contributed by atoms with E-state index in [2.05, 4.69) is 49.9 Å². The number of ether oxygens (including phenoxy) is 1. The van der Waals surface area contributed by atoms with Gasteiger partial charge in [-0.1, -0.05) is 6.92 Å². The Bertz CT molecular complexity index is 367. The second-order valence-corrected chi connectivity index (χ2v) is 5.88. The van der Waals surface area contributed by atoms with E-state index in [0.29, 0.717) is 6.61 Å². The fourth-order valence-electron chi connectivity index (χ4n) is 1.73. The van der Waals surface area contributed by atoms with Gasteiger partial charge in [0.2, 0.25) is 0 Å². The Morgan fingerprint density at radius 3 is 2.44 bits per heavy atom. The van der Waals surface area contributed by atoms with E-state index in [-0.39, 0.29) is 11.1 Å². The predicted molar refractivity (Wildman–Crippen MR) is 74.4 cm³/mol. The zero-order valence-electron chi connectivity index (χ0n) is 12.6. The van der Waals surface area contributed by atoms with Gasteiger partial charge in [0.1, 0.15) is 11.4 Å². The molecule has 0 radical (unpaired) electrons. The van der Waals surface area contributed by atoms with Crippen LogP contribution in [0.25, 0.3) is 0 Å². The van der Waals surface area contributed by atoms with Gasteiger partial charge in [-0.15, -0.1) is 0 Å². The van der Waals surface area contributed by atoms with Crippen molar-refractivity contribution < 1.29 is 4.74 Å². The Morgan fingerprint density at radius 1 is 1.28 bits per heavy atom. The number of aromatic nitrogens is 2. The summed E-state index contributed by atoms with van der Waals surface area (Å²) in [5, 5.41) is 3.44. The van der Waals surface area contributed by atoms with Gasteiger partial charge in [0.05, 0.1) is 0 Å². The van der Waals surface area contributed by atoms with Crippen LogP contribution in [0.15, 0.2) is 6.20 Å². The average Bonchev–Trinajstić information content (AvgIpc) is 2.75. The molecule has 4 heteroatoms. The van der Waals surface area contributed by atoms with Gasteiger partial charge in [-0.3, -0.25) is 0 Å². The van der Waals surface area contributed by atoms with Crippen molar-refractivity contribution in [1.29, 1.82) is 0 Å². The molecule has 0 bridgehead atoms. The molecular formula is C14H27N3O. The Balaban J connectivity index is 2.73. The summed E-state index contributed by atoms with van der Waals surface area (Å²) >= 11 is 0. The van der Waals surface area contributed by atoms with Crippen molar-refractivity contribution in [3.63, 3.8) is 0 Å². The number of hydrogen-bond donors (Lipinski definition) is 2. The standard InChI is InChI=1S/C14H27N3O/c1-7-14(6,18-8-2)12-15-9-11(17-12)10-16-13(3,4)5/h9,16H,7-8,10H2,1-6H3,(H,15,17). The molecule has 1 aromatic heterocycles. The molecule has 1 atom stereocenters. The lowest BCUT2D eigenvalue weighted by Gasteiger charge is -2.25. The second-order valence-electron chi connectivity index (χ2n) is 5.88. The lowest BCUT2D eigenvalue weighted by molar-refractivity contribution is -0.0385. The summed E-state index contributed by atoms with van der Waals surface area (Å²) < 4.78 is 5.81. The van der Waals surface area contributed by atoms with Crippen LogP contribution in [0.5, 0.6) is 0 Å². The van der Waals surface area contributed by atoms with E-state index in [4.69, 9.17) is 4.74 Å². The van der Waals surface area contributed by atoms with Crippen LogP contribution in [0.4, 0.5) is 0 Å². The highest BCUT2D eigenvalue weighted by molar-refractivity contribution is 5.08. The third-order valence-corrected chi connectivity index (χ3v) is 3.08. The van der Waals surface area contributed by atoms with Crippen molar-refractivity contribution in [2.24, 2.45) is 0 Å². The zero-order chi connectivity index (χ0) is 13.8. The van der Waals surface area contributed by atoms with E-state index in [1.54, 1.807) is 0 Å². The Labute approximate surface area is 111 Å². The number of nitrogens with zero attached hydrogens (tertiary/aromatic N) is 1. The van der Waals surface area contributed by atoms with Crippen molar-refractivity contribution in [3.8, 4) is 0 Å². The largest absolute Gasteiger partial charge is 0.368 e. The van der Waals surface area contributed by atoms with Gasteiger partial charge in [-0.05, 0) is 41.0 Å². The molecule has 1 rings (SSSR count). The first-order valence-corrected chi connectivity index (χ1v) is 6.74. The van der Waals surface area contributed by atoms with Crippen molar-refractivity contribution in [1.82, 2.24) is 15.3 Å². The topological polar surface area (TPSA) is 49.9 Å². The van der Waals surface area contributed by atoms with Crippen LogP contribution in [0.3, 0.4) is 0 Å². The molecule has 4 nitrogen and oxygen atoms in total. The van der Waals surface area contributed by atoms with E-state index in [9.17, 15) is 0 Å². The average molecular weight is 253 g/mol. The summed E-state index contributed by atoms with van der Waals surface area (Å²) in [6, 6.07) is 0. The maximum absolute atomic E-state index is 5.81. The molecule has 0 saturated carbocycles. The molecule has 0 saturated heterocycles. The predicted octanol–water partition coefficient (Wildman–Crippen LogP) is 2.96. The summed E-state index contributed by atoms with van der Waals surface area (Å²) in [4.78, 5) is 7.82. The van der Waals surface area contributed by atoms with Gasteiger partial charge < -0.3 is 15.0 Å². The van der Waals surface area contributed by atoms with Crippen LogP contribution >= 0.6 is 0 Å². The minimum absolute atomic E-state index is 0.110. The van der Waals surface area contributed by atoms with E-state index in [1.165, 1.54) is 0 Å². The number of rotatable bonds is 6. The van der Waals surface area contributed by atoms with Crippen LogP contribution in [-0.2, 0) is 16.9 Å². The van der Waals surface area contributed by atoms with Crippen LogP contribution in [-0.4, -0.2) is 22.1 Å². The molecule has 0 aliphatic carbocycles. The van der Waals surface area contributed by atoms with Crippen LogP contribution in [0.2, 0.25) is 0 Å². The van der Waals surface area contributed by atoms with Crippen LogP contribution < -0.4 is 5.32 Å². The van der Waals surface area contributed by atoms with Gasteiger partial charge in [-0.2, -0.15) is 0 Å². The molecule has 0 aliphatic rings. The molecule has 0 amide bonds. The molecular weight excluding hydrogens is 226 g/mol. The highest BCUT2D eigenvalue weighted by atomic mass is 16.5. The second kappa shape index (κ2) is 5.85. The normalized spacial score (nSPS) is 15.7. The van der Waals surface area contributed by atoms with Gasteiger partial charge in [0.25, 0.3) is 0 Å². The molecule has 0 spiro atoms. The van der Waals surface area contributed by atoms with E-state index in [1.807, 2.05) is 13.1 Å². The third kappa shape index (κ3) is 4.10. The summed E-state index contributed by atoms with van der Waals surface area (Å²) in [5.41, 5.74) is 0.896. The van der Waals surface area contributed by atoms with Crippen LogP contribution in [0, 0.1) is 0 Å². The molecule has 1 unspecified atom stereocenters. The highest BCUT2D eigenvalue weighted by Crippen LogP contribution is 2.26. The van der Waals surface area contributed by atoms with Crippen molar-refractivity contribution >= 4 is 0 Å². The number of H-pyrrole nitrogens is 1. The monoisotopic (exact) mass is 253 g/mol. The first-order chi connectivity index (χ1) is 8.30. The molecule has 0 aliphatic heterocycles. The molecule has 104 valence electrons. The smallest absolute Gasteiger partial charge is 0.138 e. The molecule has 2 N–H and O–H groups in total. The van der Waals surface area contributed by atoms with Gasteiger partial charge in [0.15, 0.2) is 0 Å². The van der Waals surface area contributed by atoms with Crippen molar-refractivity contribution in [3.05, 3.63) is 17.7 Å². The number of aromatic amines is 1. The summed E-state index contributed by atoms with van der Waals surface area (Å²) in [5.74, 6) is 0.914. The number of nitrogens with one attached hydrogen (secondary N) is 2. The minimum Gasteiger partial charge on any atom is -0.368 e. The highest BCUT2D eigenvalue weighted by Gasteiger charge is 2.28. The summed E-state index contributed by atoms with van der Waals surface area (Å²) in [6.07, 6.45) is 2.79. The number of imidazole rings is 1. The lowest BCUT2D eigenvalue weighted by atomic mass is 10.0. The first-order valence-electron chi connectivity index (χ1n) is 6.74. The first kappa shape index (κ1) is 15.2. The summed E-state index contributed by atoms with van der Waals surface area (Å²) in [6.45, 7) is 14.2. The van der Waals surface area contributed by atoms with Crippen molar-refractivity contribution in [2.75, 3.05) is 6.61 Å². The fraction of sp³-hybridized carbons (Fsp3) is 0.786. The number of hydrogen-bond acceptors (Lipinski definition) is 3. The molecule has 0 aromatic carbocycles. The molecule has 0 fully saturated rings. The van der Waals surface area contributed by atoms with Gasteiger partial charge >= 0.3 is 0 Å². The Hall–Kier alpha value is -0.870. The Morgan fingerprint density at radius 2 is 1.94 bits per heavy atom. The summed E-state index contributed by atoms with van der Waals surface area (Å²) in [7, 11) is 0. The zero-order valence-corrected chi connectivity index (χ0v) is 12.6. The van der Waals surface area contributed by atoms with Crippen molar-refractivity contribution in [2.45, 2.75) is 65.6 Å².